The molecular weight excluding hydrogens is 302 g/mol. The van der Waals surface area contributed by atoms with Gasteiger partial charge in [-0.15, -0.1) is 11.3 Å². The van der Waals surface area contributed by atoms with Gasteiger partial charge in [-0.1, -0.05) is 17.7 Å². The van der Waals surface area contributed by atoms with Crippen LogP contribution >= 0.6 is 22.9 Å². The van der Waals surface area contributed by atoms with Crippen molar-refractivity contribution in [2.75, 3.05) is 0 Å². The highest BCUT2D eigenvalue weighted by atomic mass is 35.5. The molecule has 0 saturated heterocycles. The van der Waals surface area contributed by atoms with Gasteiger partial charge >= 0.3 is 0 Å². The summed E-state index contributed by atoms with van der Waals surface area (Å²) < 4.78 is 26.6. The van der Waals surface area contributed by atoms with E-state index in [1.54, 1.807) is 24.4 Å². The number of rotatable bonds is 2. The predicted molar refractivity (Wildman–Crippen MR) is 77.6 cm³/mol. The topological polar surface area (TPSA) is 25.8 Å². The van der Waals surface area contributed by atoms with Gasteiger partial charge in [0.05, 0.1) is 21.1 Å². The molecule has 0 radical (unpaired) electrons. The predicted octanol–water partition coefficient (Wildman–Crippen LogP) is 5.26. The van der Waals surface area contributed by atoms with Gasteiger partial charge < -0.3 is 0 Å². The van der Waals surface area contributed by atoms with Gasteiger partial charge in [-0.3, -0.25) is 0 Å². The summed E-state index contributed by atoms with van der Waals surface area (Å²) in [6, 6.07) is 6.59. The van der Waals surface area contributed by atoms with Crippen LogP contribution in [0.3, 0.4) is 0 Å². The fourth-order valence-electron chi connectivity index (χ4n) is 2.01. The van der Waals surface area contributed by atoms with Crippen molar-refractivity contribution in [1.82, 2.24) is 9.97 Å². The standard InChI is InChI=1S/C14H9ClF2N2S/c1-7-18-6-12(20-7)13-9(14(16)17)5-8-10(15)3-2-4-11(8)19-13/h2-6,14H,1H3. The molecule has 2 heterocycles. The Morgan fingerprint density at radius 2 is 2.10 bits per heavy atom. The summed E-state index contributed by atoms with van der Waals surface area (Å²) in [7, 11) is 0. The van der Waals surface area contributed by atoms with Gasteiger partial charge in [0.25, 0.3) is 6.43 Å². The van der Waals surface area contributed by atoms with Crippen LogP contribution in [0.25, 0.3) is 21.5 Å². The van der Waals surface area contributed by atoms with Crippen LogP contribution in [0.15, 0.2) is 30.5 Å². The van der Waals surface area contributed by atoms with Gasteiger partial charge in [-0.25, -0.2) is 18.7 Å². The van der Waals surface area contributed by atoms with E-state index in [1.807, 2.05) is 6.92 Å². The third-order valence-electron chi connectivity index (χ3n) is 2.93. The number of alkyl halides is 2. The van der Waals surface area contributed by atoms with E-state index >= 15 is 0 Å². The first-order valence-electron chi connectivity index (χ1n) is 5.86. The van der Waals surface area contributed by atoms with Crippen molar-refractivity contribution in [3.8, 4) is 10.6 Å². The average Bonchev–Trinajstić information content (AvgIpc) is 2.84. The molecule has 0 atom stereocenters. The maximum absolute atomic E-state index is 13.3. The molecule has 0 spiro atoms. The molecule has 102 valence electrons. The van der Waals surface area contributed by atoms with Crippen LogP contribution in [0.4, 0.5) is 8.78 Å². The average molecular weight is 311 g/mol. The second kappa shape index (κ2) is 5.07. The zero-order valence-corrected chi connectivity index (χ0v) is 12.0. The maximum atomic E-state index is 13.3. The lowest BCUT2D eigenvalue weighted by Crippen LogP contribution is -1.94. The zero-order valence-electron chi connectivity index (χ0n) is 10.4. The summed E-state index contributed by atoms with van der Waals surface area (Å²) in [6.07, 6.45) is -1.04. The van der Waals surface area contributed by atoms with E-state index < -0.39 is 6.43 Å². The second-order valence-electron chi connectivity index (χ2n) is 4.28. The minimum atomic E-state index is -2.61. The minimum Gasteiger partial charge on any atom is -0.249 e. The molecule has 0 bridgehead atoms. The fourth-order valence-corrected chi connectivity index (χ4v) is 3.02. The van der Waals surface area contributed by atoms with Gasteiger partial charge in [-0.2, -0.15) is 0 Å². The summed E-state index contributed by atoms with van der Waals surface area (Å²) in [6.45, 7) is 1.83. The molecule has 0 unspecified atom stereocenters. The van der Waals surface area contributed by atoms with Gasteiger partial charge in [0.15, 0.2) is 0 Å². The van der Waals surface area contributed by atoms with Crippen LogP contribution in [0.1, 0.15) is 17.0 Å². The lowest BCUT2D eigenvalue weighted by atomic mass is 10.1. The third-order valence-corrected chi connectivity index (χ3v) is 4.17. The number of hydrogen-bond acceptors (Lipinski definition) is 3. The second-order valence-corrected chi connectivity index (χ2v) is 5.92. The number of thiazole rings is 1. The van der Waals surface area contributed by atoms with E-state index in [9.17, 15) is 8.78 Å². The third kappa shape index (κ3) is 2.27. The van der Waals surface area contributed by atoms with Gasteiger partial charge in [0, 0.05) is 22.2 Å². The SMILES string of the molecule is Cc1ncc(-c2nc3cccc(Cl)c3cc2C(F)F)s1. The molecule has 20 heavy (non-hydrogen) atoms. The molecule has 0 N–H and O–H groups in total. The first-order valence-corrected chi connectivity index (χ1v) is 7.06. The quantitative estimate of drug-likeness (QED) is 0.645. The van der Waals surface area contributed by atoms with Crippen LogP contribution in [-0.2, 0) is 0 Å². The molecule has 3 rings (SSSR count). The highest BCUT2D eigenvalue weighted by Crippen LogP contribution is 2.36. The molecule has 1 aromatic carbocycles. The molecule has 0 aliphatic carbocycles. The van der Waals surface area contributed by atoms with Gasteiger partial charge in [0.1, 0.15) is 0 Å². The van der Waals surface area contributed by atoms with Crippen LogP contribution < -0.4 is 0 Å². The number of nitrogens with zero attached hydrogens (tertiary/aromatic N) is 2. The molecule has 0 fully saturated rings. The summed E-state index contributed by atoms with van der Waals surface area (Å²) in [5.74, 6) is 0. The van der Waals surface area contributed by atoms with Crippen LogP contribution in [-0.4, -0.2) is 9.97 Å². The van der Waals surface area contributed by atoms with E-state index in [4.69, 9.17) is 11.6 Å². The molecule has 0 aliphatic heterocycles. The first kappa shape index (κ1) is 13.4. The summed E-state index contributed by atoms with van der Waals surface area (Å²) in [4.78, 5) is 9.08. The van der Waals surface area contributed by atoms with Gasteiger partial charge in [0.2, 0.25) is 0 Å². The Morgan fingerprint density at radius 3 is 2.75 bits per heavy atom. The lowest BCUT2D eigenvalue weighted by Gasteiger charge is -2.09. The van der Waals surface area contributed by atoms with Crippen molar-refractivity contribution in [2.45, 2.75) is 13.3 Å². The van der Waals surface area contributed by atoms with Crippen molar-refractivity contribution in [2.24, 2.45) is 0 Å². The first-order chi connectivity index (χ1) is 9.56. The van der Waals surface area contributed by atoms with Gasteiger partial charge in [-0.05, 0) is 25.1 Å². The summed E-state index contributed by atoms with van der Waals surface area (Å²) >= 11 is 7.39. The molecule has 2 aromatic heterocycles. The largest absolute Gasteiger partial charge is 0.266 e. The lowest BCUT2D eigenvalue weighted by molar-refractivity contribution is 0.152. The number of pyridine rings is 1. The summed E-state index contributed by atoms with van der Waals surface area (Å²) in [5, 5.41) is 1.77. The zero-order chi connectivity index (χ0) is 14.3. The van der Waals surface area contributed by atoms with Crippen molar-refractivity contribution in [3.05, 3.63) is 46.1 Å². The molecule has 2 nitrogen and oxygen atoms in total. The smallest absolute Gasteiger partial charge is 0.249 e. The molecule has 0 aliphatic rings. The molecular formula is C14H9ClF2N2S. The number of aromatic nitrogens is 2. The van der Waals surface area contributed by atoms with E-state index in [2.05, 4.69) is 9.97 Å². The van der Waals surface area contributed by atoms with Crippen molar-refractivity contribution < 1.29 is 8.78 Å². The van der Waals surface area contributed by atoms with E-state index in [0.717, 1.165) is 5.01 Å². The van der Waals surface area contributed by atoms with Crippen LogP contribution in [0.5, 0.6) is 0 Å². The monoisotopic (exact) mass is 310 g/mol. The van der Waals surface area contributed by atoms with Crippen molar-refractivity contribution >= 4 is 33.8 Å². The highest BCUT2D eigenvalue weighted by molar-refractivity contribution is 7.15. The molecule has 0 amide bonds. The Balaban J connectivity index is 2.32. The molecule has 3 aromatic rings. The number of benzene rings is 1. The number of fused-ring (bicyclic) bond motifs is 1. The Morgan fingerprint density at radius 1 is 1.30 bits per heavy atom. The minimum absolute atomic E-state index is 0.116. The van der Waals surface area contributed by atoms with E-state index in [1.165, 1.54) is 17.4 Å². The van der Waals surface area contributed by atoms with Crippen molar-refractivity contribution in [1.29, 1.82) is 0 Å². The maximum Gasteiger partial charge on any atom is 0.266 e. The Hall–Kier alpha value is -1.59. The van der Waals surface area contributed by atoms with E-state index in [-0.39, 0.29) is 11.3 Å². The molecule has 0 saturated carbocycles. The number of hydrogen-bond donors (Lipinski definition) is 0. The Labute approximate surface area is 123 Å². The van der Waals surface area contributed by atoms with E-state index in [0.29, 0.717) is 20.8 Å². The molecule has 6 heteroatoms. The Kier molecular flexibility index (Phi) is 3.40. The highest BCUT2D eigenvalue weighted by Gasteiger charge is 2.19. The van der Waals surface area contributed by atoms with Crippen molar-refractivity contribution in [3.63, 3.8) is 0 Å². The number of halogens is 3. The fraction of sp³-hybridized carbons (Fsp3) is 0.143. The summed E-state index contributed by atoms with van der Waals surface area (Å²) in [5.41, 5.74) is 0.762. The van der Waals surface area contributed by atoms with Crippen LogP contribution in [0.2, 0.25) is 5.02 Å². The van der Waals surface area contributed by atoms with Crippen LogP contribution in [0, 0.1) is 6.92 Å². The number of aryl methyl sites for hydroxylation is 1. The normalized spacial score (nSPS) is 11.4. The Bertz CT molecular complexity index is 786.